The lowest BCUT2D eigenvalue weighted by atomic mass is 10.2. The molecule has 14 heteroatoms. The Balaban J connectivity index is 1.51. The molecule has 0 N–H and O–H groups in total. The molecule has 1 fully saturated rings. The Morgan fingerprint density at radius 1 is 1.03 bits per heavy atom. The largest absolute Gasteiger partial charge is 0.445 e. The summed E-state index contributed by atoms with van der Waals surface area (Å²) in [4.78, 5) is 46.7. The second-order valence-corrected chi connectivity index (χ2v) is 8.58. The maximum Gasteiger partial charge on any atom is 0.430 e. The van der Waals surface area contributed by atoms with Gasteiger partial charge in [0.15, 0.2) is 0 Å². The minimum absolute atomic E-state index is 0.0609. The Morgan fingerprint density at radius 3 is 2.03 bits per heavy atom. The molecule has 13 nitrogen and oxygen atoms in total. The van der Waals surface area contributed by atoms with Crippen molar-refractivity contribution in [2.45, 2.75) is 30.9 Å². The average molecular weight is 518 g/mol. The molecule has 1 aliphatic rings. The first-order chi connectivity index (χ1) is 17.1. The van der Waals surface area contributed by atoms with Crippen LogP contribution in [0.3, 0.4) is 0 Å². The lowest BCUT2D eigenvalue weighted by molar-refractivity contribution is -0.385. The van der Waals surface area contributed by atoms with Crippen molar-refractivity contribution >= 4 is 42.4 Å². The molecule has 190 valence electrons. The zero-order valence-corrected chi connectivity index (χ0v) is 20.0. The van der Waals surface area contributed by atoms with Crippen LogP contribution in [-0.2, 0) is 22.7 Å². The molecule has 0 bridgehead atoms. The van der Waals surface area contributed by atoms with E-state index in [-0.39, 0.29) is 29.8 Å². The highest BCUT2D eigenvalue weighted by atomic mass is 32.1. The molecule has 1 saturated heterocycles. The van der Waals surface area contributed by atoms with Gasteiger partial charge in [0.1, 0.15) is 13.2 Å². The van der Waals surface area contributed by atoms with Crippen molar-refractivity contribution in [2.75, 3.05) is 13.6 Å². The van der Waals surface area contributed by atoms with E-state index in [9.17, 15) is 29.8 Å². The number of ether oxygens (including phenoxy) is 2. The standard InChI is InChI=1S/C22H23N5O8S/c1-24(21(28)34-13-15-2-6-17(7-3-15)26(30)31)23-11-19-10-20(36)12-25(19)22(29)35-14-16-4-8-18(9-5-16)27(32)33/h2-9,11,19-20,36H,10,12-14H2,1H3/b23-11+/t19-,20-/m0/s1. The maximum absolute atomic E-state index is 12.6. The summed E-state index contributed by atoms with van der Waals surface area (Å²) in [6.45, 7) is 0.149. The molecule has 0 aliphatic carbocycles. The van der Waals surface area contributed by atoms with Gasteiger partial charge >= 0.3 is 12.2 Å². The van der Waals surface area contributed by atoms with E-state index >= 15 is 0 Å². The Morgan fingerprint density at radius 2 is 1.53 bits per heavy atom. The van der Waals surface area contributed by atoms with Crippen LogP contribution in [0, 0.1) is 20.2 Å². The molecule has 2 atom stereocenters. The summed E-state index contributed by atoms with van der Waals surface area (Å²) in [6.07, 6.45) is 0.559. The number of thiol groups is 1. The smallest absolute Gasteiger partial charge is 0.430 e. The van der Waals surface area contributed by atoms with Crippen molar-refractivity contribution in [1.82, 2.24) is 9.91 Å². The number of hydrogen-bond donors (Lipinski definition) is 1. The van der Waals surface area contributed by atoms with Gasteiger partial charge in [-0.2, -0.15) is 17.7 Å². The van der Waals surface area contributed by atoms with Crippen molar-refractivity contribution in [3.05, 3.63) is 79.9 Å². The van der Waals surface area contributed by atoms with E-state index in [0.717, 1.165) is 5.01 Å². The van der Waals surface area contributed by atoms with Gasteiger partial charge in [-0.15, -0.1) is 0 Å². The molecule has 0 spiro atoms. The number of carbonyl (C=O) groups excluding carboxylic acids is 2. The number of carbonyl (C=O) groups is 2. The molecule has 0 radical (unpaired) electrons. The SMILES string of the molecule is CN(/N=C/[C@@H]1C[C@H](S)CN1C(=O)OCc1ccc([N+](=O)[O-])cc1)C(=O)OCc1ccc([N+](=O)[O-])cc1. The summed E-state index contributed by atoms with van der Waals surface area (Å²) >= 11 is 4.43. The first-order valence-corrected chi connectivity index (χ1v) is 11.2. The number of non-ortho nitro benzene ring substituents is 2. The molecule has 2 aromatic rings. The topological polar surface area (TPSA) is 158 Å². The molecule has 36 heavy (non-hydrogen) atoms. The molecular weight excluding hydrogens is 494 g/mol. The Labute approximate surface area is 211 Å². The van der Waals surface area contributed by atoms with E-state index in [1.807, 2.05) is 0 Å². The zero-order chi connectivity index (χ0) is 26.2. The van der Waals surface area contributed by atoms with Crippen molar-refractivity contribution in [2.24, 2.45) is 5.10 Å². The van der Waals surface area contributed by atoms with Gasteiger partial charge in [0, 0.05) is 49.3 Å². The fraction of sp³-hybridized carbons (Fsp3) is 0.318. The van der Waals surface area contributed by atoms with E-state index in [0.29, 0.717) is 24.1 Å². The van der Waals surface area contributed by atoms with E-state index in [2.05, 4.69) is 17.7 Å². The monoisotopic (exact) mass is 517 g/mol. The van der Waals surface area contributed by atoms with Gasteiger partial charge in [0.2, 0.25) is 0 Å². The minimum atomic E-state index is -0.752. The third-order valence-electron chi connectivity index (χ3n) is 5.25. The lowest BCUT2D eigenvalue weighted by Gasteiger charge is -2.21. The van der Waals surface area contributed by atoms with Crippen molar-refractivity contribution in [3.63, 3.8) is 0 Å². The first kappa shape index (κ1) is 26.4. The second kappa shape index (κ2) is 12.0. The van der Waals surface area contributed by atoms with E-state index in [1.165, 1.54) is 66.7 Å². The van der Waals surface area contributed by atoms with Crippen molar-refractivity contribution in [3.8, 4) is 0 Å². The van der Waals surface area contributed by atoms with Gasteiger partial charge in [-0.05, 0) is 41.8 Å². The average Bonchev–Trinajstić information content (AvgIpc) is 3.25. The number of nitrogens with zero attached hydrogens (tertiary/aromatic N) is 5. The number of hydrogen-bond acceptors (Lipinski definition) is 10. The highest BCUT2D eigenvalue weighted by Gasteiger charge is 2.34. The van der Waals surface area contributed by atoms with Crippen LogP contribution in [-0.4, -0.2) is 63.0 Å². The second-order valence-electron chi connectivity index (χ2n) is 7.85. The highest BCUT2D eigenvalue weighted by molar-refractivity contribution is 7.81. The van der Waals surface area contributed by atoms with Crippen LogP contribution in [0.2, 0.25) is 0 Å². The third kappa shape index (κ3) is 7.15. The lowest BCUT2D eigenvalue weighted by Crippen LogP contribution is -2.37. The normalized spacial score (nSPS) is 17.1. The summed E-state index contributed by atoms with van der Waals surface area (Å²) in [5, 5.41) is 26.4. The molecule has 3 rings (SSSR count). The fourth-order valence-electron chi connectivity index (χ4n) is 3.31. The number of likely N-dealkylation sites (tertiary alicyclic amines) is 1. The number of nitro benzene ring substituents is 2. The van der Waals surface area contributed by atoms with E-state index in [4.69, 9.17) is 9.47 Å². The van der Waals surface area contributed by atoms with Crippen LogP contribution in [0.4, 0.5) is 21.0 Å². The van der Waals surface area contributed by atoms with Crippen molar-refractivity contribution < 1.29 is 28.9 Å². The quantitative estimate of drug-likeness (QED) is 0.240. The molecule has 2 amide bonds. The summed E-state index contributed by atoms with van der Waals surface area (Å²) in [5.41, 5.74) is 1.04. The van der Waals surface area contributed by atoms with Crippen LogP contribution in [0.15, 0.2) is 53.6 Å². The predicted octanol–water partition coefficient (Wildman–Crippen LogP) is 3.77. The van der Waals surface area contributed by atoms with E-state index in [1.54, 1.807) is 0 Å². The van der Waals surface area contributed by atoms with Gasteiger partial charge < -0.3 is 9.47 Å². The van der Waals surface area contributed by atoms with Gasteiger partial charge in [-0.25, -0.2) is 14.6 Å². The van der Waals surface area contributed by atoms with Crippen LogP contribution in [0.5, 0.6) is 0 Å². The number of hydrazone groups is 1. The van der Waals surface area contributed by atoms with Gasteiger partial charge in [-0.1, -0.05) is 0 Å². The van der Waals surface area contributed by atoms with Crippen LogP contribution < -0.4 is 0 Å². The number of amides is 2. The predicted molar refractivity (Wildman–Crippen MR) is 131 cm³/mol. The van der Waals surface area contributed by atoms with E-state index < -0.39 is 28.1 Å². The van der Waals surface area contributed by atoms with Gasteiger partial charge in [-0.3, -0.25) is 25.1 Å². The molecular formula is C22H23N5O8S. The van der Waals surface area contributed by atoms with Crippen LogP contribution in [0.25, 0.3) is 0 Å². The molecule has 0 aromatic heterocycles. The fourth-order valence-corrected chi connectivity index (χ4v) is 3.70. The number of nitro groups is 2. The van der Waals surface area contributed by atoms with Gasteiger partial charge in [0.25, 0.3) is 11.4 Å². The minimum Gasteiger partial charge on any atom is -0.445 e. The summed E-state index contributed by atoms with van der Waals surface area (Å²) in [7, 11) is 1.39. The van der Waals surface area contributed by atoms with Crippen LogP contribution >= 0.6 is 12.6 Å². The molecule has 2 aromatic carbocycles. The number of rotatable bonds is 8. The Hall–Kier alpha value is -4.20. The summed E-state index contributed by atoms with van der Waals surface area (Å²) < 4.78 is 10.5. The van der Waals surface area contributed by atoms with Gasteiger partial charge in [0.05, 0.1) is 15.9 Å². The zero-order valence-electron chi connectivity index (χ0n) is 19.1. The Bertz CT molecular complexity index is 1140. The van der Waals surface area contributed by atoms with Crippen LogP contribution in [0.1, 0.15) is 17.5 Å². The third-order valence-corrected chi connectivity index (χ3v) is 5.63. The molecule has 0 unspecified atom stereocenters. The Kier molecular flexibility index (Phi) is 8.78. The molecule has 1 heterocycles. The first-order valence-electron chi connectivity index (χ1n) is 10.7. The molecule has 1 aliphatic heterocycles. The summed E-state index contributed by atoms with van der Waals surface area (Å²) in [6, 6.07) is 10.8. The maximum atomic E-state index is 12.6. The molecule has 0 saturated carbocycles. The summed E-state index contributed by atoms with van der Waals surface area (Å²) in [5.74, 6) is 0. The van der Waals surface area contributed by atoms with Crippen molar-refractivity contribution in [1.29, 1.82) is 0 Å². The number of benzene rings is 2. The highest BCUT2D eigenvalue weighted by Crippen LogP contribution is 2.22.